The molecule has 1 aromatic carbocycles. The van der Waals surface area contributed by atoms with Crippen molar-refractivity contribution >= 4 is 29.1 Å². The maximum atomic E-state index is 12.9. The van der Waals surface area contributed by atoms with Gasteiger partial charge in [-0.15, -0.1) is 0 Å². The first-order chi connectivity index (χ1) is 15.1. The van der Waals surface area contributed by atoms with E-state index in [1.165, 1.54) is 0 Å². The minimum Gasteiger partial charge on any atom is -0.341 e. The van der Waals surface area contributed by atoms with Crippen LogP contribution in [0.4, 0.5) is 0 Å². The lowest BCUT2D eigenvalue weighted by atomic mass is 9.94. The molecule has 5 rings (SSSR count). The molecule has 1 atom stereocenters. The van der Waals surface area contributed by atoms with Crippen LogP contribution in [0, 0.1) is 5.92 Å². The Balaban J connectivity index is 1.21. The minimum absolute atomic E-state index is 0.190. The van der Waals surface area contributed by atoms with E-state index in [0.29, 0.717) is 42.4 Å². The number of carbonyl (C=O) groups excluding carboxylic acids is 3. The third kappa shape index (κ3) is 3.76. The molecular formula is C22H20N4O4S. The molecule has 3 amide bonds. The molecule has 0 N–H and O–H groups in total. The number of carbonyl (C=O) groups is 3. The predicted octanol–water partition coefficient (Wildman–Crippen LogP) is 2.88. The molecule has 2 aliphatic rings. The van der Waals surface area contributed by atoms with E-state index in [0.717, 1.165) is 23.3 Å². The molecule has 0 aliphatic carbocycles. The first-order valence-electron chi connectivity index (χ1n) is 10.2. The number of rotatable bonds is 5. The quantitative estimate of drug-likeness (QED) is 0.571. The van der Waals surface area contributed by atoms with Crippen LogP contribution < -0.4 is 0 Å². The topological polar surface area (TPSA) is 96.6 Å². The van der Waals surface area contributed by atoms with Gasteiger partial charge in [-0.1, -0.05) is 17.3 Å². The van der Waals surface area contributed by atoms with E-state index >= 15 is 0 Å². The van der Waals surface area contributed by atoms with Crippen LogP contribution in [0.1, 0.15) is 39.4 Å². The Kier molecular flexibility index (Phi) is 5.11. The second-order valence-corrected chi connectivity index (χ2v) is 8.60. The summed E-state index contributed by atoms with van der Waals surface area (Å²) in [6.07, 6.45) is 2.39. The first kappa shape index (κ1) is 19.6. The van der Waals surface area contributed by atoms with Crippen molar-refractivity contribution < 1.29 is 18.9 Å². The van der Waals surface area contributed by atoms with Crippen molar-refractivity contribution in [3.05, 3.63) is 58.1 Å². The number of hydrogen-bond acceptors (Lipinski definition) is 7. The predicted molar refractivity (Wildman–Crippen MR) is 112 cm³/mol. The summed E-state index contributed by atoms with van der Waals surface area (Å²) in [6, 6.07) is 8.61. The molecule has 8 nitrogen and oxygen atoms in total. The van der Waals surface area contributed by atoms with Gasteiger partial charge in [0.2, 0.25) is 17.6 Å². The smallest absolute Gasteiger partial charge is 0.262 e. The van der Waals surface area contributed by atoms with E-state index in [1.807, 2.05) is 16.8 Å². The SMILES string of the molecule is O=C(CN1C(=O)c2ccccc2C1=O)N1CCCC(Cc2nc(-c3ccsc3)no2)C1. The van der Waals surface area contributed by atoms with Crippen molar-refractivity contribution in [2.24, 2.45) is 5.92 Å². The highest BCUT2D eigenvalue weighted by molar-refractivity contribution is 7.08. The molecular weight excluding hydrogens is 416 g/mol. The highest BCUT2D eigenvalue weighted by atomic mass is 32.1. The number of hydrogen-bond donors (Lipinski definition) is 0. The fourth-order valence-electron chi connectivity index (χ4n) is 4.17. The molecule has 1 fully saturated rings. The Labute approximate surface area is 182 Å². The number of nitrogens with zero attached hydrogens (tertiary/aromatic N) is 4. The molecule has 2 aromatic heterocycles. The second-order valence-electron chi connectivity index (χ2n) is 7.82. The molecule has 3 aromatic rings. The van der Waals surface area contributed by atoms with Crippen LogP contribution in [-0.4, -0.2) is 57.3 Å². The summed E-state index contributed by atoms with van der Waals surface area (Å²) in [4.78, 5) is 45.2. The Morgan fingerprint density at radius 3 is 2.65 bits per heavy atom. The van der Waals surface area contributed by atoms with Gasteiger partial charge in [-0.3, -0.25) is 19.3 Å². The van der Waals surface area contributed by atoms with Crippen molar-refractivity contribution in [3.63, 3.8) is 0 Å². The molecule has 1 unspecified atom stereocenters. The van der Waals surface area contributed by atoms with Gasteiger partial charge in [0, 0.05) is 30.5 Å². The third-order valence-electron chi connectivity index (χ3n) is 5.75. The lowest BCUT2D eigenvalue weighted by Gasteiger charge is -2.33. The van der Waals surface area contributed by atoms with Crippen LogP contribution in [0.5, 0.6) is 0 Å². The summed E-state index contributed by atoms with van der Waals surface area (Å²) in [5, 5.41) is 7.97. The van der Waals surface area contributed by atoms with Gasteiger partial charge in [0.15, 0.2) is 0 Å². The Morgan fingerprint density at radius 1 is 1.16 bits per heavy atom. The highest BCUT2D eigenvalue weighted by Gasteiger charge is 2.37. The van der Waals surface area contributed by atoms with Gasteiger partial charge in [-0.25, -0.2) is 0 Å². The summed E-state index contributed by atoms with van der Waals surface area (Å²) in [5.41, 5.74) is 1.64. The lowest BCUT2D eigenvalue weighted by molar-refractivity contribution is -0.133. The number of benzene rings is 1. The summed E-state index contributed by atoms with van der Waals surface area (Å²) in [6.45, 7) is 0.919. The van der Waals surface area contributed by atoms with Crippen molar-refractivity contribution in [3.8, 4) is 11.4 Å². The van der Waals surface area contributed by atoms with Gasteiger partial charge < -0.3 is 9.42 Å². The van der Waals surface area contributed by atoms with Crippen molar-refractivity contribution in [1.82, 2.24) is 19.9 Å². The Bertz CT molecular complexity index is 1110. The molecule has 2 aliphatic heterocycles. The van der Waals surface area contributed by atoms with Gasteiger partial charge in [0.05, 0.1) is 11.1 Å². The molecule has 0 radical (unpaired) electrons. The van der Waals surface area contributed by atoms with Crippen LogP contribution in [0.15, 0.2) is 45.6 Å². The van der Waals surface area contributed by atoms with Gasteiger partial charge >= 0.3 is 0 Å². The number of fused-ring (bicyclic) bond motifs is 1. The Morgan fingerprint density at radius 2 is 1.94 bits per heavy atom. The summed E-state index contributed by atoms with van der Waals surface area (Å²) in [5.74, 6) is 0.287. The van der Waals surface area contributed by atoms with E-state index < -0.39 is 11.8 Å². The summed E-state index contributed by atoms with van der Waals surface area (Å²) >= 11 is 1.57. The zero-order chi connectivity index (χ0) is 21.4. The molecule has 4 heterocycles. The minimum atomic E-state index is -0.408. The fraction of sp³-hybridized carbons (Fsp3) is 0.318. The van der Waals surface area contributed by atoms with E-state index in [2.05, 4.69) is 10.1 Å². The van der Waals surface area contributed by atoms with Crippen LogP contribution >= 0.6 is 11.3 Å². The standard InChI is InChI=1S/C22H20N4O4S/c27-19(12-26-21(28)16-5-1-2-6-17(16)22(26)29)25-8-3-4-14(11-25)10-18-23-20(24-30-18)15-7-9-31-13-15/h1-2,5-7,9,13-14H,3-4,8,10-12H2. The average molecular weight is 436 g/mol. The molecule has 1 saturated heterocycles. The van der Waals surface area contributed by atoms with Crippen LogP contribution in [0.3, 0.4) is 0 Å². The monoisotopic (exact) mass is 436 g/mol. The number of piperidine rings is 1. The zero-order valence-corrected chi connectivity index (χ0v) is 17.5. The Hall–Kier alpha value is -3.33. The van der Waals surface area contributed by atoms with Gasteiger partial charge in [-0.05, 0) is 42.3 Å². The lowest BCUT2D eigenvalue weighted by Crippen LogP contribution is -2.46. The van der Waals surface area contributed by atoms with Crippen LogP contribution in [-0.2, 0) is 11.2 Å². The van der Waals surface area contributed by atoms with Crippen molar-refractivity contribution in [2.75, 3.05) is 19.6 Å². The largest absolute Gasteiger partial charge is 0.341 e. The van der Waals surface area contributed by atoms with E-state index in [1.54, 1.807) is 40.5 Å². The average Bonchev–Trinajstić information content (AvgIpc) is 3.52. The number of imide groups is 1. The number of thiophene rings is 1. The third-order valence-corrected chi connectivity index (χ3v) is 6.44. The van der Waals surface area contributed by atoms with Gasteiger partial charge in [0.25, 0.3) is 11.8 Å². The van der Waals surface area contributed by atoms with Crippen LogP contribution in [0.25, 0.3) is 11.4 Å². The normalized spacial score (nSPS) is 18.5. The summed E-state index contributed by atoms with van der Waals surface area (Å²) in [7, 11) is 0. The van der Waals surface area contributed by atoms with E-state index in [9.17, 15) is 14.4 Å². The van der Waals surface area contributed by atoms with E-state index in [4.69, 9.17) is 4.52 Å². The number of amides is 3. The van der Waals surface area contributed by atoms with Crippen LogP contribution in [0.2, 0.25) is 0 Å². The van der Waals surface area contributed by atoms with Crippen molar-refractivity contribution in [1.29, 1.82) is 0 Å². The zero-order valence-electron chi connectivity index (χ0n) is 16.7. The molecule has 31 heavy (non-hydrogen) atoms. The van der Waals surface area contributed by atoms with E-state index in [-0.39, 0.29) is 18.4 Å². The summed E-state index contributed by atoms with van der Waals surface area (Å²) < 4.78 is 5.40. The van der Waals surface area contributed by atoms with Crippen molar-refractivity contribution in [2.45, 2.75) is 19.3 Å². The highest BCUT2D eigenvalue weighted by Crippen LogP contribution is 2.25. The second kappa shape index (κ2) is 8.07. The maximum absolute atomic E-state index is 12.9. The molecule has 9 heteroatoms. The maximum Gasteiger partial charge on any atom is 0.262 e. The molecule has 158 valence electrons. The fourth-order valence-corrected chi connectivity index (χ4v) is 4.80. The molecule has 0 spiro atoms. The van der Waals surface area contributed by atoms with Gasteiger partial charge in [0.1, 0.15) is 6.54 Å². The van der Waals surface area contributed by atoms with Gasteiger partial charge in [-0.2, -0.15) is 16.3 Å². The molecule has 0 saturated carbocycles. The number of aromatic nitrogens is 2. The number of likely N-dealkylation sites (tertiary alicyclic amines) is 1. The first-order valence-corrected chi connectivity index (χ1v) is 11.1. The molecule has 0 bridgehead atoms.